The largest absolute Gasteiger partial charge is 0.388 e. The third-order valence-electron chi connectivity index (χ3n) is 8.70. The lowest BCUT2D eigenvalue weighted by Crippen LogP contribution is -2.26. The molecule has 44 heavy (non-hydrogen) atoms. The van der Waals surface area contributed by atoms with Crippen molar-refractivity contribution >= 4 is 16.5 Å². The second-order valence-electron chi connectivity index (χ2n) is 13.0. The maximum atomic E-state index is 3.82. The normalized spacial score (nSPS) is 20.7. The van der Waals surface area contributed by atoms with Crippen LogP contribution in [0.3, 0.4) is 0 Å². The number of anilines is 1. The van der Waals surface area contributed by atoms with E-state index in [0.717, 1.165) is 19.3 Å². The summed E-state index contributed by atoms with van der Waals surface area (Å²) >= 11 is 0. The molecule has 1 heterocycles. The SMILES string of the molecule is C=C/C=C\C1=C/C=C/N(C)/C(=C/C=C(/C=C(C)/C=C/CC(C)(C)c2c(NC)ccc3ccccc23)CCC)C(C)(C)/C(C)=C/1. The summed E-state index contributed by atoms with van der Waals surface area (Å²) in [4.78, 5) is 2.25. The summed E-state index contributed by atoms with van der Waals surface area (Å²) in [6.07, 6.45) is 29.3. The van der Waals surface area contributed by atoms with Crippen molar-refractivity contribution in [2.75, 3.05) is 19.4 Å². The molecule has 3 rings (SSSR count). The number of nitrogens with one attached hydrogen (secondary N) is 1. The van der Waals surface area contributed by atoms with Gasteiger partial charge < -0.3 is 10.2 Å². The number of hydrogen-bond donors (Lipinski definition) is 1. The average molecular weight is 587 g/mol. The Morgan fingerprint density at radius 2 is 1.86 bits per heavy atom. The van der Waals surface area contributed by atoms with Gasteiger partial charge in [0.2, 0.25) is 0 Å². The molecule has 1 N–H and O–H groups in total. The van der Waals surface area contributed by atoms with Gasteiger partial charge in [-0.15, -0.1) is 0 Å². The lowest BCUT2D eigenvalue weighted by atomic mass is 9.78. The van der Waals surface area contributed by atoms with E-state index in [-0.39, 0.29) is 10.8 Å². The van der Waals surface area contributed by atoms with E-state index < -0.39 is 0 Å². The average Bonchev–Trinajstić information content (AvgIpc) is 3.01. The summed E-state index contributed by atoms with van der Waals surface area (Å²) in [6, 6.07) is 13.1. The minimum atomic E-state index is -0.142. The summed E-state index contributed by atoms with van der Waals surface area (Å²) in [5.41, 5.74) is 8.77. The summed E-state index contributed by atoms with van der Waals surface area (Å²) in [5.74, 6) is 0. The Morgan fingerprint density at radius 3 is 2.57 bits per heavy atom. The predicted octanol–water partition coefficient (Wildman–Crippen LogP) is 11.8. The van der Waals surface area contributed by atoms with Crippen LogP contribution in [0.2, 0.25) is 0 Å². The van der Waals surface area contributed by atoms with Crippen LogP contribution < -0.4 is 5.32 Å². The van der Waals surface area contributed by atoms with Gasteiger partial charge in [0.05, 0.1) is 0 Å². The summed E-state index contributed by atoms with van der Waals surface area (Å²) in [6.45, 7) is 19.8. The highest BCUT2D eigenvalue weighted by molar-refractivity contribution is 5.91. The number of nitrogens with zero attached hydrogens (tertiary/aromatic N) is 1. The van der Waals surface area contributed by atoms with E-state index in [1.165, 1.54) is 50.0 Å². The van der Waals surface area contributed by atoms with Crippen LogP contribution >= 0.6 is 0 Å². The summed E-state index contributed by atoms with van der Waals surface area (Å²) in [5, 5.41) is 6.05. The third kappa shape index (κ3) is 8.76. The lowest BCUT2D eigenvalue weighted by molar-refractivity contribution is 0.397. The van der Waals surface area contributed by atoms with Crippen LogP contribution in [0.25, 0.3) is 10.8 Å². The highest BCUT2D eigenvalue weighted by Crippen LogP contribution is 2.39. The van der Waals surface area contributed by atoms with Crippen molar-refractivity contribution < 1.29 is 0 Å². The second kappa shape index (κ2) is 15.6. The molecule has 2 heteroatoms. The first kappa shape index (κ1) is 34.5. The number of allylic oxidation sites excluding steroid dienone is 15. The Balaban J connectivity index is 1.90. The molecule has 0 bridgehead atoms. The van der Waals surface area contributed by atoms with Gasteiger partial charge in [0, 0.05) is 37.1 Å². The molecule has 0 spiro atoms. The van der Waals surface area contributed by atoms with Crippen molar-refractivity contribution in [2.45, 2.75) is 73.1 Å². The van der Waals surface area contributed by atoms with E-state index >= 15 is 0 Å². The predicted molar refractivity (Wildman–Crippen MR) is 197 cm³/mol. The molecule has 232 valence electrons. The van der Waals surface area contributed by atoms with Gasteiger partial charge in [0.25, 0.3) is 0 Å². The number of fused-ring (bicyclic) bond motifs is 1. The quantitative estimate of drug-likeness (QED) is 0.263. The van der Waals surface area contributed by atoms with Gasteiger partial charge in [-0.3, -0.25) is 0 Å². The van der Waals surface area contributed by atoms with Crippen molar-refractivity contribution in [2.24, 2.45) is 5.41 Å². The summed E-state index contributed by atoms with van der Waals surface area (Å²) in [7, 11) is 4.16. The zero-order valence-corrected chi connectivity index (χ0v) is 28.7. The van der Waals surface area contributed by atoms with E-state index in [2.05, 4.69) is 170 Å². The topological polar surface area (TPSA) is 15.3 Å². The molecule has 2 aromatic carbocycles. The molecular weight excluding hydrogens is 532 g/mol. The van der Waals surface area contributed by atoms with Crippen LogP contribution in [0.1, 0.15) is 73.3 Å². The van der Waals surface area contributed by atoms with Gasteiger partial charge in [-0.05, 0) is 77.8 Å². The Hall–Kier alpha value is -4.04. The molecule has 0 unspecified atom stereocenters. The van der Waals surface area contributed by atoms with Crippen molar-refractivity contribution in [3.05, 3.63) is 150 Å². The Bertz CT molecular complexity index is 1560. The first-order valence-electron chi connectivity index (χ1n) is 16.0. The third-order valence-corrected chi connectivity index (χ3v) is 8.70. The first-order valence-corrected chi connectivity index (χ1v) is 16.0. The Labute approximate surface area is 268 Å². The molecule has 0 radical (unpaired) electrons. The van der Waals surface area contributed by atoms with Crippen molar-refractivity contribution in [3.8, 4) is 0 Å². The highest BCUT2D eigenvalue weighted by atomic mass is 15.1. The van der Waals surface area contributed by atoms with Crippen molar-refractivity contribution in [1.82, 2.24) is 4.90 Å². The zero-order chi connectivity index (χ0) is 32.3. The standard InChI is InChI=1S/C42H54N2/c1-11-13-20-35-21-17-29-44(10)39(42(7,8)33(4)31-35)27-24-34(18-12-2)30-32(3)19-16-28-41(5,6)40-37-23-15-14-22-36(37)25-26-38(40)43-9/h11,13-17,19-27,29-31,43H,1,12,18,28H2,2-10H3/b19-16+,20-13-,29-17+,32-30+,33-31+,34-24+,35-21+,39-27+. The number of rotatable bonds is 11. The summed E-state index contributed by atoms with van der Waals surface area (Å²) < 4.78 is 0. The Morgan fingerprint density at radius 1 is 1.11 bits per heavy atom. The van der Waals surface area contributed by atoms with Crippen LogP contribution in [0, 0.1) is 5.41 Å². The fourth-order valence-electron chi connectivity index (χ4n) is 5.96. The number of hydrogen-bond acceptors (Lipinski definition) is 2. The highest BCUT2D eigenvalue weighted by Gasteiger charge is 2.28. The molecule has 1 aliphatic rings. The number of benzene rings is 2. The fourth-order valence-corrected chi connectivity index (χ4v) is 5.96. The molecule has 0 aliphatic carbocycles. The molecule has 0 aromatic heterocycles. The van der Waals surface area contributed by atoms with Gasteiger partial charge in [0.15, 0.2) is 0 Å². The van der Waals surface area contributed by atoms with Crippen LogP contribution in [-0.4, -0.2) is 19.0 Å². The molecule has 0 atom stereocenters. The maximum Gasteiger partial charge on any atom is 0.0382 e. The van der Waals surface area contributed by atoms with Crippen molar-refractivity contribution in [1.29, 1.82) is 0 Å². The van der Waals surface area contributed by atoms with Crippen LogP contribution in [0.5, 0.6) is 0 Å². The zero-order valence-electron chi connectivity index (χ0n) is 28.7. The Kier molecular flexibility index (Phi) is 12.2. The van der Waals surface area contributed by atoms with E-state index in [1.54, 1.807) is 0 Å². The van der Waals surface area contributed by atoms with Gasteiger partial charge >= 0.3 is 0 Å². The fraction of sp³-hybridized carbons (Fsp3) is 0.333. The van der Waals surface area contributed by atoms with E-state index in [4.69, 9.17) is 0 Å². The lowest BCUT2D eigenvalue weighted by Gasteiger charge is -2.34. The van der Waals surface area contributed by atoms with E-state index in [1.807, 2.05) is 19.2 Å². The minimum absolute atomic E-state index is 0.0231. The van der Waals surface area contributed by atoms with Gasteiger partial charge in [0.1, 0.15) is 0 Å². The molecule has 2 aromatic rings. The monoisotopic (exact) mass is 586 g/mol. The van der Waals surface area contributed by atoms with E-state index in [0.29, 0.717) is 0 Å². The molecule has 0 amide bonds. The van der Waals surface area contributed by atoms with Crippen LogP contribution in [-0.2, 0) is 5.41 Å². The molecule has 0 saturated heterocycles. The van der Waals surface area contributed by atoms with Crippen molar-refractivity contribution in [3.63, 3.8) is 0 Å². The molecule has 2 nitrogen and oxygen atoms in total. The molecule has 0 fully saturated rings. The molecular formula is C42H54N2. The van der Waals surface area contributed by atoms with E-state index in [9.17, 15) is 0 Å². The molecule has 1 aliphatic heterocycles. The van der Waals surface area contributed by atoms with Gasteiger partial charge in [-0.1, -0.05) is 144 Å². The van der Waals surface area contributed by atoms with Crippen LogP contribution in [0.15, 0.2) is 144 Å². The molecule has 0 saturated carbocycles. The first-order chi connectivity index (χ1) is 20.9. The van der Waals surface area contributed by atoms with Gasteiger partial charge in [-0.2, -0.15) is 0 Å². The second-order valence-corrected chi connectivity index (χ2v) is 13.0. The van der Waals surface area contributed by atoms with Gasteiger partial charge in [-0.25, -0.2) is 0 Å². The maximum absolute atomic E-state index is 3.82. The van der Waals surface area contributed by atoms with Crippen LogP contribution in [0.4, 0.5) is 5.69 Å². The minimum Gasteiger partial charge on any atom is -0.388 e. The smallest absolute Gasteiger partial charge is 0.0382 e.